The SMILES string of the molecule is CCCCCCCCCCCCCCCOC(=O)c1ccccc1C(=O)OCC(CC)CCCC. The van der Waals surface area contributed by atoms with Crippen LogP contribution in [0.5, 0.6) is 0 Å². The Balaban J connectivity index is 2.21. The number of esters is 2. The zero-order chi connectivity index (χ0) is 25.6. The van der Waals surface area contributed by atoms with Crippen LogP contribution in [0.2, 0.25) is 0 Å². The highest BCUT2D eigenvalue weighted by atomic mass is 16.5. The number of benzene rings is 1. The van der Waals surface area contributed by atoms with Crippen LogP contribution < -0.4 is 0 Å². The van der Waals surface area contributed by atoms with Crippen LogP contribution in [0.3, 0.4) is 0 Å². The molecule has 0 saturated carbocycles. The number of rotatable bonds is 22. The maximum atomic E-state index is 12.6. The van der Waals surface area contributed by atoms with Crippen molar-refractivity contribution in [3.63, 3.8) is 0 Å². The molecule has 0 radical (unpaired) electrons. The largest absolute Gasteiger partial charge is 0.462 e. The number of ether oxygens (including phenoxy) is 2. The van der Waals surface area contributed by atoms with Crippen LogP contribution in [-0.2, 0) is 9.47 Å². The van der Waals surface area contributed by atoms with Gasteiger partial charge in [0.15, 0.2) is 0 Å². The molecule has 1 unspecified atom stereocenters. The van der Waals surface area contributed by atoms with E-state index in [1.807, 2.05) is 0 Å². The monoisotopic (exact) mass is 488 g/mol. The van der Waals surface area contributed by atoms with E-state index < -0.39 is 11.9 Å². The quantitative estimate of drug-likeness (QED) is 0.120. The average Bonchev–Trinajstić information content (AvgIpc) is 2.88. The lowest BCUT2D eigenvalue weighted by molar-refractivity contribution is 0.0404. The van der Waals surface area contributed by atoms with Gasteiger partial charge in [0.05, 0.1) is 24.3 Å². The van der Waals surface area contributed by atoms with Gasteiger partial charge in [-0.2, -0.15) is 0 Å². The molecule has 200 valence electrons. The maximum Gasteiger partial charge on any atom is 0.339 e. The van der Waals surface area contributed by atoms with Gasteiger partial charge in [0.25, 0.3) is 0 Å². The van der Waals surface area contributed by atoms with Gasteiger partial charge in [0, 0.05) is 0 Å². The maximum absolute atomic E-state index is 12.6. The molecular formula is C31H52O4. The Bertz CT molecular complexity index is 670. The van der Waals surface area contributed by atoms with Crippen molar-refractivity contribution in [3.8, 4) is 0 Å². The number of carbonyl (C=O) groups is 2. The van der Waals surface area contributed by atoms with Gasteiger partial charge >= 0.3 is 11.9 Å². The second-order valence-electron chi connectivity index (χ2n) is 9.94. The van der Waals surface area contributed by atoms with Crippen molar-refractivity contribution in [3.05, 3.63) is 35.4 Å². The summed E-state index contributed by atoms with van der Waals surface area (Å²) in [4.78, 5) is 25.2. The summed E-state index contributed by atoms with van der Waals surface area (Å²) in [5, 5.41) is 0. The molecule has 0 N–H and O–H groups in total. The lowest BCUT2D eigenvalue weighted by Gasteiger charge is -2.15. The molecule has 0 bridgehead atoms. The van der Waals surface area contributed by atoms with E-state index in [1.54, 1.807) is 24.3 Å². The van der Waals surface area contributed by atoms with E-state index in [4.69, 9.17) is 9.47 Å². The Morgan fingerprint density at radius 1 is 0.629 bits per heavy atom. The fourth-order valence-electron chi connectivity index (χ4n) is 4.37. The third-order valence-electron chi connectivity index (χ3n) is 6.84. The van der Waals surface area contributed by atoms with E-state index >= 15 is 0 Å². The highest BCUT2D eigenvalue weighted by Gasteiger charge is 2.20. The zero-order valence-electron chi connectivity index (χ0n) is 23.0. The van der Waals surface area contributed by atoms with Crippen LogP contribution in [0.25, 0.3) is 0 Å². The lowest BCUT2D eigenvalue weighted by atomic mass is 10.0. The summed E-state index contributed by atoms with van der Waals surface area (Å²) in [6, 6.07) is 6.82. The predicted octanol–water partition coefficient (Wildman–Crippen LogP) is 9.31. The van der Waals surface area contributed by atoms with Gasteiger partial charge in [-0.25, -0.2) is 9.59 Å². The van der Waals surface area contributed by atoms with E-state index in [-0.39, 0.29) is 0 Å². The summed E-state index contributed by atoms with van der Waals surface area (Å²) in [6.07, 6.45) is 21.0. The Labute approximate surface area is 215 Å². The molecule has 0 aliphatic rings. The van der Waals surface area contributed by atoms with Gasteiger partial charge < -0.3 is 9.47 Å². The van der Waals surface area contributed by atoms with Crippen molar-refractivity contribution in [2.75, 3.05) is 13.2 Å². The van der Waals surface area contributed by atoms with Gasteiger partial charge in [0.2, 0.25) is 0 Å². The van der Waals surface area contributed by atoms with Gasteiger partial charge in [0.1, 0.15) is 0 Å². The van der Waals surface area contributed by atoms with Crippen LogP contribution in [0.15, 0.2) is 24.3 Å². The summed E-state index contributed by atoms with van der Waals surface area (Å²) in [5.74, 6) is -0.503. The molecule has 0 aliphatic heterocycles. The van der Waals surface area contributed by atoms with Crippen LogP contribution in [0.1, 0.15) is 151 Å². The summed E-state index contributed by atoms with van der Waals surface area (Å²) < 4.78 is 11.0. The first kappa shape index (κ1) is 31.2. The molecule has 1 rings (SSSR count). The van der Waals surface area contributed by atoms with Crippen molar-refractivity contribution in [2.24, 2.45) is 5.92 Å². The van der Waals surface area contributed by atoms with Crippen LogP contribution >= 0.6 is 0 Å². The number of carbonyl (C=O) groups excluding carboxylic acids is 2. The molecule has 35 heavy (non-hydrogen) atoms. The predicted molar refractivity (Wildman–Crippen MR) is 146 cm³/mol. The highest BCUT2D eigenvalue weighted by molar-refractivity contribution is 6.03. The molecule has 1 aromatic carbocycles. The van der Waals surface area contributed by atoms with E-state index in [2.05, 4.69) is 20.8 Å². The van der Waals surface area contributed by atoms with Crippen molar-refractivity contribution in [1.29, 1.82) is 0 Å². The number of hydrogen-bond acceptors (Lipinski definition) is 4. The minimum atomic E-state index is -0.437. The first-order valence-corrected chi connectivity index (χ1v) is 14.6. The van der Waals surface area contributed by atoms with Crippen LogP contribution in [-0.4, -0.2) is 25.2 Å². The molecule has 0 fully saturated rings. The van der Waals surface area contributed by atoms with E-state index in [9.17, 15) is 9.59 Å². The molecular weight excluding hydrogens is 436 g/mol. The second-order valence-corrected chi connectivity index (χ2v) is 9.94. The Hall–Kier alpha value is -1.84. The average molecular weight is 489 g/mol. The molecule has 1 aromatic rings. The molecule has 4 heteroatoms. The fourth-order valence-corrected chi connectivity index (χ4v) is 4.37. The van der Waals surface area contributed by atoms with Crippen molar-refractivity contribution < 1.29 is 19.1 Å². The zero-order valence-corrected chi connectivity index (χ0v) is 23.0. The standard InChI is InChI=1S/C31H52O4/c1-4-7-9-10-11-12-13-14-15-16-17-18-21-25-34-30(32)28-23-19-20-24-29(28)31(33)35-26-27(6-3)22-8-5-2/h19-20,23-24,27H,4-18,21-22,25-26H2,1-3H3. The van der Waals surface area contributed by atoms with Crippen LogP contribution in [0.4, 0.5) is 0 Å². The smallest absolute Gasteiger partial charge is 0.339 e. The molecule has 0 saturated heterocycles. The summed E-state index contributed by atoms with van der Waals surface area (Å²) >= 11 is 0. The molecule has 0 aliphatic carbocycles. The third kappa shape index (κ3) is 15.0. The van der Waals surface area contributed by atoms with Gasteiger partial charge in [-0.1, -0.05) is 129 Å². The Morgan fingerprint density at radius 3 is 1.57 bits per heavy atom. The first-order chi connectivity index (χ1) is 17.1. The molecule has 1 atom stereocenters. The molecule has 0 amide bonds. The molecule has 0 heterocycles. The highest BCUT2D eigenvalue weighted by Crippen LogP contribution is 2.17. The van der Waals surface area contributed by atoms with E-state index in [1.165, 1.54) is 70.6 Å². The molecule has 0 aromatic heterocycles. The van der Waals surface area contributed by atoms with Crippen molar-refractivity contribution in [1.82, 2.24) is 0 Å². The number of unbranched alkanes of at least 4 members (excludes halogenated alkanes) is 13. The first-order valence-electron chi connectivity index (χ1n) is 14.6. The normalized spacial score (nSPS) is 11.9. The van der Waals surface area contributed by atoms with Gasteiger partial charge in [-0.15, -0.1) is 0 Å². The topological polar surface area (TPSA) is 52.6 Å². The van der Waals surface area contributed by atoms with Gasteiger partial charge in [-0.05, 0) is 30.9 Å². The van der Waals surface area contributed by atoms with Crippen LogP contribution in [0, 0.1) is 5.92 Å². The molecule has 4 nitrogen and oxygen atoms in total. The minimum Gasteiger partial charge on any atom is -0.462 e. The minimum absolute atomic E-state index is 0.299. The van der Waals surface area contributed by atoms with Crippen molar-refractivity contribution >= 4 is 11.9 Å². The van der Waals surface area contributed by atoms with E-state index in [0.717, 1.165) is 38.5 Å². The second kappa shape index (κ2) is 21.4. The summed E-state index contributed by atoms with van der Waals surface area (Å²) in [7, 11) is 0. The van der Waals surface area contributed by atoms with E-state index in [0.29, 0.717) is 30.3 Å². The third-order valence-corrected chi connectivity index (χ3v) is 6.84. The Kier molecular flexibility index (Phi) is 19.1. The van der Waals surface area contributed by atoms with Crippen molar-refractivity contribution in [2.45, 2.75) is 130 Å². The lowest BCUT2D eigenvalue weighted by Crippen LogP contribution is -2.17. The van der Waals surface area contributed by atoms with Gasteiger partial charge in [-0.3, -0.25) is 0 Å². The summed E-state index contributed by atoms with van der Waals surface area (Å²) in [5.41, 5.74) is 0.599. The summed E-state index contributed by atoms with van der Waals surface area (Å²) in [6.45, 7) is 7.35. The number of hydrogen-bond donors (Lipinski definition) is 0. The fraction of sp³-hybridized carbons (Fsp3) is 0.742. The molecule has 0 spiro atoms. The Morgan fingerprint density at radius 2 is 1.09 bits per heavy atom.